The number of hydrogen-bond donors (Lipinski definition) is 1. The molecule has 0 fully saturated rings. The van der Waals surface area contributed by atoms with Gasteiger partial charge in [-0.15, -0.1) is 4.91 Å². The number of hydrogen-bond acceptors (Lipinski definition) is 3. The van der Waals surface area contributed by atoms with Crippen molar-refractivity contribution < 1.29 is 4.79 Å². The van der Waals surface area contributed by atoms with Gasteiger partial charge in [0.15, 0.2) is 0 Å². The van der Waals surface area contributed by atoms with Gasteiger partial charge in [0.25, 0.3) is 0 Å². The molecule has 0 aromatic heterocycles. The molecule has 68 valence electrons. The molecular formula is C7H13N3O2. The summed E-state index contributed by atoms with van der Waals surface area (Å²) in [7, 11) is 0. The maximum atomic E-state index is 10.5. The first kappa shape index (κ1) is 10.6. The van der Waals surface area contributed by atoms with Gasteiger partial charge in [-0.1, -0.05) is 19.1 Å². The van der Waals surface area contributed by atoms with Gasteiger partial charge in [-0.05, 0) is 12.8 Å². The number of allylic oxidation sites excluding steroid dienone is 1. The fourth-order valence-corrected chi connectivity index (χ4v) is 0.826. The van der Waals surface area contributed by atoms with E-state index in [0.717, 1.165) is 0 Å². The van der Waals surface area contributed by atoms with E-state index in [-0.39, 0.29) is 12.5 Å². The normalized spacial score (nSPS) is 12.8. The molecule has 0 aliphatic rings. The predicted octanol–water partition coefficient (Wildman–Crippen LogP) is 1.26. The van der Waals surface area contributed by atoms with Crippen molar-refractivity contribution in [2.75, 3.05) is 6.54 Å². The highest BCUT2D eigenvalue weighted by molar-refractivity contribution is 5.71. The molecule has 0 spiro atoms. The van der Waals surface area contributed by atoms with Crippen molar-refractivity contribution >= 4 is 6.03 Å². The van der Waals surface area contributed by atoms with Crippen molar-refractivity contribution in [1.29, 1.82) is 0 Å². The summed E-state index contributed by atoms with van der Waals surface area (Å²) in [4.78, 5) is 20.5. The van der Waals surface area contributed by atoms with Gasteiger partial charge in [-0.2, -0.15) is 5.01 Å². The second-order valence-electron chi connectivity index (χ2n) is 2.51. The summed E-state index contributed by atoms with van der Waals surface area (Å²) in [5, 5.41) is 3.18. The Morgan fingerprint density at radius 2 is 2.33 bits per heavy atom. The van der Waals surface area contributed by atoms with Crippen molar-refractivity contribution in [2.45, 2.75) is 13.8 Å². The first-order valence-corrected chi connectivity index (χ1v) is 3.64. The Bertz CT molecular complexity index is 191. The highest BCUT2D eigenvalue weighted by Crippen LogP contribution is 2.01. The Balaban J connectivity index is 4.02. The largest absolute Gasteiger partial charge is 0.350 e. The molecule has 0 saturated carbocycles. The van der Waals surface area contributed by atoms with Gasteiger partial charge >= 0.3 is 6.03 Å². The summed E-state index contributed by atoms with van der Waals surface area (Å²) < 4.78 is 0. The first-order valence-electron chi connectivity index (χ1n) is 3.64. The van der Waals surface area contributed by atoms with Crippen LogP contribution < -0.4 is 5.73 Å². The van der Waals surface area contributed by atoms with E-state index in [1.54, 1.807) is 0 Å². The number of amides is 2. The Kier molecular flexibility index (Phi) is 4.67. The molecule has 5 heteroatoms. The number of nitrogens with zero attached hydrogens (tertiary/aromatic N) is 2. The molecule has 5 nitrogen and oxygen atoms in total. The molecule has 12 heavy (non-hydrogen) atoms. The van der Waals surface area contributed by atoms with Gasteiger partial charge in [-0.3, -0.25) is 0 Å². The van der Waals surface area contributed by atoms with E-state index in [2.05, 4.69) is 5.29 Å². The zero-order chi connectivity index (χ0) is 9.56. The van der Waals surface area contributed by atoms with Crippen LogP contribution in [-0.2, 0) is 0 Å². The molecule has 0 heterocycles. The lowest BCUT2D eigenvalue weighted by Gasteiger charge is -2.12. The van der Waals surface area contributed by atoms with Gasteiger partial charge in [0.2, 0.25) is 0 Å². The van der Waals surface area contributed by atoms with Crippen LogP contribution in [0.5, 0.6) is 0 Å². The summed E-state index contributed by atoms with van der Waals surface area (Å²) in [6, 6.07) is -0.818. The van der Waals surface area contributed by atoms with E-state index < -0.39 is 6.03 Å². The zero-order valence-electron chi connectivity index (χ0n) is 7.23. The SMILES string of the molecule is C/C=C/[C@@H](C)CN(N=O)C(N)=O. The van der Waals surface area contributed by atoms with Crippen LogP contribution in [0.3, 0.4) is 0 Å². The minimum atomic E-state index is -0.818. The van der Waals surface area contributed by atoms with Crippen LogP contribution in [0.2, 0.25) is 0 Å². The van der Waals surface area contributed by atoms with E-state index in [0.29, 0.717) is 5.01 Å². The van der Waals surface area contributed by atoms with E-state index in [9.17, 15) is 9.70 Å². The molecule has 0 aliphatic heterocycles. The molecule has 0 saturated heterocycles. The molecule has 0 rings (SSSR count). The number of carbonyl (C=O) groups is 1. The van der Waals surface area contributed by atoms with E-state index in [4.69, 9.17) is 5.73 Å². The van der Waals surface area contributed by atoms with Crippen LogP contribution in [0.1, 0.15) is 13.8 Å². The second kappa shape index (κ2) is 5.29. The molecule has 0 aromatic carbocycles. The van der Waals surface area contributed by atoms with E-state index in [1.165, 1.54) is 0 Å². The Morgan fingerprint density at radius 3 is 2.67 bits per heavy atom. The minimum absolute atomic E-state index is 0.0835. The third-order valence-electron chi connectivity index (χ3n) is 1.33. The van der Waals surface area contributed by atoms with Gasteiger partial charge in [0.05, 0.1) is 11.8 Å². The molecule has 0 bridgehead atoms. The fourth-order valence-electron chi connectivity index (χ4n) is 0.826. The maximum absolute atomic E-state index is 10.5. The molecule has 2 N–H and O–H groups in total. The summed E-state index contributed by atoms with van der Waals surface area (Å²) in [5.41, 5.74) is 4.86. The number of urea groups is 1. The first-order chi connectivity index (χ1) is 5.61. The highest BCUT2D eigenvalue weighted by Gasteiger charge is 2.11. The Hall–Kier alpha value is -1.39. The number of primary amides is 1. The molecule has 0 aliphatic carbocycles. The Labute approximate surface area is 71.2 Å². The number of nitrogens with two attached hydrogens (primary N) is 1. The quantitative estimate of drug-likeness (QED) is 0.392. The molecule has 0 aromatic rings. The van der Waals surface area contributed by atoms with Crippen molar-refractivity contribution in [3.63, 3.8) is 0 Å². The van der Waals surface area contributed by atoms with Crippen LogP contribution in [0.4, 0.5) is 4.79 Å². The third-order valence-corrected chi connectivity index (χ3v) is 1.33. The van der Waals surface area contributed by atoms with Crippen LogP contribution in [0.15, 0.2) is 17.4 Å². The van der Waals surface area contributed by atoms with Crippen molar-refractivity contribution in [1.82, 2.24) is 5.01 Å². The van der Waals surface area contributed by atoms with E-state index >= 15 is 0 Å². The van der Waals surface area contributed by atoms with Crippen molar-refractivity contribution in [3.05, 3.63) is 17.1 Å². The van der Waals surface area contributed by atoms with Crippen LogP contribution in [0.25, 0.3) is 0 Å². The number of rotatable bonds is 4. The van der Waals surface area contributed by atoms with E-state index in [1.807, 2.05) is 26.0 Å². The van der Waals surface area contributed by atoms with Crippen LogP contribution in [0, 0.1) is 10.8 Å². The smallest absolute Gasteiger partial charge is 0.337 e. The highest BCUT2D eigenvalue weighted by atomic mass is 16.3. The van der Waals surface area contributed by atoms with Crippen molar-refractivity contribution in [3.8, 4) is 0 Å². The van der Waals surface area contributed by atoms with Gasteiger partial charge in [-0.25, -0.2) is 4.79 Å². The molecule has 1 atom stereocenters. The van der Waals surface area contributed by atoms with Gasteiger partial charge in [0, 0.05) is 0 Å². The summed E-state index contributed by atoms with van der Waals surface area (Å²) in [5.74, 6) is 0.0835. The molecular weight excluding hydrogens is 158 g/mol. The number of carbonyl (C=O) groups excluding carboxylic acids is 1. The fraction of sp³-hybridized carbons (Fsp3) is 0.571. The molecule has 0 unspecified atom stereocenters. The maximum Gasteiger partial charge on any atom is 0.337 e. The third kappa shape index (κ3) is 3.70. The molecule has 0 radical (unpaired) electrons. The van der Waals surface area contributed by atoms with Crippen LogP contribution in [-0.4, -0.2) is 17.6 Å². The van der Waals surface area contributed by atoms with Crippen LogP contribution >= 0.6 is 0 Å². The summed E-state index contributed by atoms with van der Waals surface area (Å²) in [6.07, 6.45) is 3.70. The van der Waals surface area contributed by atoms with Crippen molar-refractivity contribution in [2.24, 2.45) is 16.9 Å². The monoisotopic (exact) mass is 171 g/mol. The Morgan fingerprint density at radius 1 is 1.75 bits per heavy atom. The second-order valence-corrected chi connectivity index (χ2v) is 2.51. The number of nitroso groups, excluding NO2 is 1. The lowest BCUT2D eigenvalue weighted by Crippen LogP contribution is -2.33. The molecule has 2 amide bonds. The topological polar surface area (TPSA) is 75.8 Å². The summed E-state index contributed by atoms with van der Waals surface area (Å²) in [6.45, 7) is 3.95. The lowest BCUT2D eigenvalue weighted by atomic mass is 10.1. The summed E-state index contributed by atoms with van der Waals surface area (Å²) >= 11 is 0. The minimum Gasteiger partial charge on any atom is -0.350 e. The lowest BCUT2D eigenvalue weighted by molar-refractivity contribution is 0.204. The standard InChI is InChI=1S/C7H13N3O2/c1-3-4-6(2)5-10(9-12)7(8)11/h3-4,6H,5H2,1-2H3,(H2,8,11)/b4-3+/t6-/m1/s1. The average molecular weight is 171 g/mol. The predicted molar refractivity (Wildman–Crippen MR) is 46.1 cm³/mol. The van der Waals surface area contributed by atoms with Gasteiger partial charge < -0.3 is 5.73 Å². The zero-order valence-corrected chi connectivity index (χ0v) is 7.23. The average Bonchev–Trinajstić information content (AvgIpc) is 2.00. The van der Waals surface area contributed by atoms with Gasteiger partial charge in [0.1, 0.15) is 0 Å².